The van der Waals surface area contributed by atoms with Gasteiger partial charge in [0.25, 0.3) is 0 Å². The average molecular weight is 290 g/mol. The van der Waals surface area contributed by atoms with Gasteiger partial charge in [-0.25, -0.2) is 13.1 Å². The number of methoxy groups -OCH3 is 1. The smallest absolute Gasteiger partial charge is 0.315 e. The third-order valence-corrected chi connectivity index (χ3v) is 4.58. The maximum atomic E-state index is 11.6. The lowest BCUT2D eigenvalue weighted by molar-refractivity contribution is -0.137. The standard InChI is InChI=1S/C10H14N2O4S2/c1-12-18(14,15)9-4-3-7(5-8(9)11)17-6-10(13)16-2/h3-5,12H,6,11H2,1-2H3. The predicted molar refractivity (Wildman–Crippen MR) is 69.8 cm³/mol. The number of nitrogens with one attached hydrogen (secondary N) is 1. The fourth-order valence-electron chi connectivity index (χ4n) is 1.17. The molecule has 1 aromatic carbocycles. The second-order valence-electron chi connectivity index (χ2n) is 3.27. The van der Waals surface area contributed by atoms with Crippen molar-refractivity contribution in [2.24, 2.45) is 0 Å². The summed E-state index contributed by atoms with van der Waals surface area (Å²) in [5.74, 6) is -0.209. The van der Waals surface area contributed by atoms with Crippen molar-refractivity contribution in [3.05, 3.63) is 18.2 Å². The van der Waals surface area contributed by atoms with Crippen molar-refractivity contribution < 1.29 is 17.9 Å². The summed E-state index contributed by atoms with van der Waals surface area (Å²) in [6.45, 7) is 0. The summed E-state index contributed by atoms with van der Waals surface area (Å²) < 4.78 is 29.8. The van der Waals surface area contributed by atoms with Crippen molar-refractivity contribution in [3.63, 3.8) is 0 Å². The van der Waals surface area contributed by atoms with Crippen LogP contribution in [0.15, 0.2) is 28.0 Å². The Morgan fingerprint density at radius 3 is 2.67 bits per heavy atom. The van der Waals surface area contributed by atoms with Crippen LogP contribution < -0.4 is 10.5 Å². The Morgan fingerprint density at radius 1 is 1.50 bits per heavy atom. The first-order valence-electron chi connectivity index (χ1n) is 4.93. The maximum Gasteiger partial charge on any atom is 0.315 e. The minimum absolute atomic E-state index is 0.0208. The van der Waals surface area contributed by atoms with Gasteiger partial charge in [-0.3, -0.25) is 4.79 Å². The molecule has 0 atom stereocenters. The molecule has 1 rings (SSSR count). The van der Waals surface area contributed by atoms with E-state index in [2.05, 4.69) is 9.46 Å². The Bertz CT molecular complexity index is 543. The molecular formula is C10H14N2O4S2. The SMILES string of the molecule is CNS(=O)(=O)c1ccc(SCC(=O)OC)cc1N. The van der Waals surface area contributed by atoms with Gasteiger partial charge in [-0.05, 0) is 25.2 Å². The van der Waals surface area contributed by atoms with Crippen LogP contribution in [0.2, 0.25) is 0 Å². The number of rotatable bonds is 5. The van der Waals surface area contributed by atoms with Gasteiger partial charge in [0.05, 0.1) is 18.6 Å². The molecule has 8 heteroatoms. The monoisotopic (exact) mass is 290 g/mol. The van der Waals surface area contributed by atoms with E-state index in [4.69, 9.17) is 5.73 Å². The third-order valence-electron chi connectivity index (χ3n) is 2.12. The van der Waals surface area contributed by atoms with E-state index >= 15 is 0 Å². The number of thioether (sulfide) groups is 1. The number of hydrogen-bond donors (Lipinski definition) is 2. The van der Waals surface area contributed by atoms with Crippen molar-refractivity contribution in [1.82, 2.24) is 4.72 Å². The van der Waals surface area contributed by atoms with Crippen molar-refractivity contribution in [1.29, 1.82) is 0 Å². The van der Waals surface area contributed by atoms with Crippen LogP contribution in [0.5, 0.6) is 0 Å². The number of nitrogens with two attached hydrogens (primary N) is 1. The summed E-state index contributed by atoms with van der Waals surface area (Å²) >= 11 is 1.22. The molecule has 0 fully saturated rings. The Kier molecular flexibility index (Phi) is 5.00. The molecule has 1 aromatic rings. The molecule has 18 heavy (non-hydrogen) atoms. The van der Waals surface area contributed by atoms with Gasteiger partial charge in [0.1, 0.15) is 4.90 Å². The second kappa shape index (κ2) is 6.07. The first-order chi connectivity index (χ1) is 8.40. The number of carbonyl (C=O) groups is 1. The maximum absolute atomic E-state index is 11.6. The molecule has 0 aromatic heterocycles. The molecule has 0 saturated carbocycles. The zero-order valence-electron chi connectivity index (χ0n) is 9.97. The highest BCUT2D eigenvalue weighted by molar-refractivity contribution is 8.00. The Balaban J connectivity index is 2.90. The van der Waals surface area contributed by atoms with Gasteiger partial charge >= 0.3 is 5.97 Å². The number of ether oxygens (including phenoxy) is 1. The minimum Gasteiger partial charge on any atom is -0.468 e. The molecule has 3 N–H and O–H groups in total. The lowest BCUT2D eigenvalue weighted by Gasteiger charge is -2.08. The van der Waals surface area contributed by atoms with Gasteiger partial charge in [0.2, 0.25) is 10.0 Å². The van der Waals surface area contributed by atoms with E-state index in [9.17, 15) is 13.2 Å². The summed E-state index contributed by atoms with van der Waals surface area (Å²) in [6.07, 6.45) is 0. The fourth-order valence-corrected chi connectivity index (χ4v) is 2.79. The van der Waals surface area contributed by atoms with E-state index < -0.39 is 10.0 Å². The Labute approximate surface area is 110 Å². The fraction of sp³-hybridized carbons (Fsp3) is 0.300. The zero-order valence-corrected chi connectivity index (χ0v) is 11.6. The lowest BCUT2D eigenvalue weighted by atomic mass is 10.3. The summed E-state index contributed by atoms with van der Waals surface area (Å²) in [6, 6.07) is 4.51. The van der Waals surface area contributed by atoms with Crippen LogP contribution in [0.25, 0.3) is 0 Å². The molecule has 0 amide bonds. The molecule has 0 spiro atoms. The summed E-state index contributed by atoms with van der Waals surface area (Å²) in [4.78, 5) is 11.7. The predicted octanol–water partition coefficient (Wildman–Crippen LogP) is 0.442. The first-order valence-corrected chi connectivity index (χ1v) is 7.40. The Hall–Kier alpha value is -1.25. The molecule has 0 unspecified atom stereocenters. The first kappa shape index (κ1) is 14.8. The number of anilines is 1. The largest absolute Gasteiger partial charge is 0.468 e. The van der Waals surface area contributed by atoms with Gasteiger partial charge in [0.15, 0.2) is 0 Å². The van der Waals surface area contributed by atoms with Crippen molar-refractivity contribution in [3.8, 4) is 0 Å². The number of nitrogen functional groups attached to an aromatic ring is 1. The summed E-state index contributed by atoms with van der Waals surface area (Å²) in [5.41, 5.74) is 5.81. The molecule has 0 bridgehead atoms. The van der Waals surface area contributed by atoms with E-state index in [1.54, 1.807) is 6.07 Å². The van der Waals surface area contributed by atoms with Crippen LogP contribution in [-0.4, -0.2) is 34.3 Å². The number of carbonyl (C=O) groups excluding carboxylic acids is 1. The molecule has 100 valence electrons. The van der Waals surface area contributed by atoms with Gasteiger partial charge in [0, 0.05) is 4.90 Å². The minimum atomic E-state index is -3.56. The molecule has 0 heterocycles. The van der Waals surface area contributed by atoms with E-state index in [1.807, 2.05) is 0 Å². The van der Waals surface area contributed by atoms with E-state index in [1.165, 1.54) is 38.1 Å². The van der Waals surface area contributed by atoms with Crippen LogP contribution in [0, 0.1) is 0 Å². The van der Waals surface area contributed by atoms with E-state index in [0.717, 1.165) is 0 Å². The zero-order chi connectivity index (χ0) is 13.8. The van der Waals surface area contributed by atoms with Gasteiger partial charge in [-0.15, -0.1) is 11.8 Å². The van der Waals surface area contributed by atoms with E-state index in [-0.39, 0.29) is 22.3 Å². The highest BCUT2D eigenvalue weighted by Gasteiger charge is 2.15. The van der Waals surface area contributed by atoms with Crippen LogP contribution in [-0.2, 0) is 19.6 Å². The average Bonchev–Trinajstić information content (AvgIpc) is 2.35. The van der Waals surface area contributed by atoms with Gasteiger partial charge in [-0.1, -0.05) is 0 Å². The highest BCUT2D eigenvalue weighted by atomic mass is 32.2. The summed E-state index contributed by atoms with van der Waals surface area (Å²) in [5, 5.41) is 0. The van der Waals surface area contributed by atoms with Crippen LogP contribution in [0.1, 0.15) is 0 Å². The number of hydrogen-bond acceptors (Lipinski definition) is 6. The van der Waals surface area contributed by atoms with Crippen molar-refractivity contribution in [2.45, 2.75) is 9.79 Å². The van der Waals surface area contributed by atoms with Gasteiger partial charge < -0.3 is 10.5 Å². The molecule has 6 nitrogen and oxygen atoms in total. The molecule has 0 aliphatic rings. The quantitative estimate of drug-likeness (QED) is 0.464. The number of esters is 1. The second-order valence-corrected chi connectivity index (χ2v) is 6.18. The van der Waals surface area contributed by atoms with Gasteiger partial charge in [-0.2, -0.15) is 0 Å². The molecular weight excluding hydrogens is 276 g/mol. The highest BCUT2D eigenvalue weighted by Crippen LogP contribution is 2.25. The number of benzene rings is 1. The van der Waals surface area contributed by atoms with Crippen LogP contribution in [0.3, 0.4) is 0 Å². The molecule has 0 saturated heterocycles. The van der Waals surface area contributed by atoms with Crippen molar-refractivity contribution in [2.75, 3.05) is 25.6 Å². The van der Waals surface area contributed by atoms with Crippen molar-refractivity contribution >= 4 is 33.4 Å². The normalized spacial score (nSPS) is 11.2. The number of sulfonamides is 1. The van der Waals surface area contributed by atoms with Crippen LogP contribution >= 0.6 is 11.8 Å². The van der Waals surface area contributed by atoms with Crippen LogP contribution in [0.4, 0.5) is 5.69 Å². The third kappa shape index (κ3) is 3.62. The molecule has 0 radical (unpaired) electrons. The molecule has 0 aliphatic carbocycles. The Morgan fingerprint density at radius 2 is 2.17 bits per heavy atom. The lowest BCUT2D eigenvalue weighted by Crippen LogP contribution is -2.19. The molecule has 0 aliphatic heterocycles. The van der Waals surface area contributed by atoms with E-state index in [0.29, 0.717) is 4.90 Å². The summed E-state index contributed by atoms with van der Waals surface area (Å²) in [7, 11) is -0.938. The topological polar surface area (TPSA) is 98.5 Å².